The summed E-state index contributed by atoms with van der Waals surface area (Å²) in [5.41, 5.74) is 7.23. The van der Waals surface area contributed by atoms with Crippen molar-refractivity contribution in [2.45, 2.75) is 12.8 Å². The van der Waals surface area contributed by atoms with Crippen molar-refractivity contribution in [3.8, 4) is 11.4 Å². The van der Waals surface area contributed by atoms with Crippen LogP contribution in [-0.2, 0) is 4.79 Å². The van der Waals surface area contributed by atoms with Crippen LogP contribution in [0.2, 0.25) is 0 Å². The molecule has 0 aliphatic carbocycles. The van der Waals surface area contributed by atoms with E-state index in [1.807, 2.05) is 18.2 Å². The molecule has 2 N–H and O–H groups in total. The SMILES string of the molecule is O=C1CCC(c2ccc3[nH]c(-c4cnccn4)cc3c2)=NN1. The Morgan fingerprint density at radius 1 is 1.09 bits per heavy atom. The van der Waals surface area contributed by atoms with E-state index in [-0.39, 0.29) is 5.91 Å². The Labute approximate surface area is 126 Å². The minimum atomic E-state index is -0.0311. The molecule has 6 nitrogen and oxygen atoms in total. The maximum Gasteiger partial charge on any atom is 0.240 e. The van der Waals surface area contributed by atoms with E-state index >= 15 is 0 Å². The first-order valence-electron chi connectivity index (χ1n) is 7.04. The second-order valence-electron chi connectivity index (χ2n) is 5.17. The maximum absolute atomic E-state index is 11.2. The summed E-state index contributed by atoms with van der Waals surface area (Å²) in [5.74, 6) is -0.0311. The normalized spacial score (nSPS) is 14.7. The van der Waals surface area contributed by atoms with Crippen molar-refractivity contribution in [1.29, 1.82) is 0 Å². The van der Waals surface area contributed by atoms with Gasteiger partial charge in [0.1, 0.15) is 5.69 Å². The Bertz CT molecular complexity index is 882. The molecule has 0 atom stereocenters. The first-order valence-corrected chi connectivity index (χ1v) is 7.04. The number of benzene rings is 1. The number of amides is 1. The molecule has 0 saturated heterocycles. The lowest BCUT2D eigenvalue weighted by Crippen LogP contribution is -2.25. The van der Waals surface area contributed by atoms with Gasteiger partial charge in [-0.1, -0.05) is 6.07 Å². The van der Waals surface area contributed by atoms with Gasteiger partial charge in [0.15, 0.2) is 0 Å². The van der Waals surface area contributed by atoms with Crippen molar-refractivity contribution in [3.63, 3.8) is 0 Å². The molecule has 1 aliphatic rings. The number of nitrogens with zero attached hydrogens (tertiary/aromatic N) is 3. The summed E-state index contributed by atoms with van der Waals surface area (Å²) < 4.78 is 0. The second kappa shape index (κ2) is 5.07. The molecule has 0 bridgehead atoms. The van der Waals surface area contributed by atoms with E-state index in [1.165, 1.54) is 0 Å². The van der Waals surface area contributed by atoms with E-state index in [2.05, 4.69) is 31.5 Å². The van der Waals surface area contributed by atoms with Crippen LogP contribution in [0.4, 0.5) is 0 Å². The highest BCUT2D eigenvalue weighted by atomic mass is 16.2. The van der Waals surface area contributed by atoms with Crippen molar-refractivity contribution in [1.82, 2.24) is 20.4 Å². The topological polar surface area (TPSA) is 83.0 Å². The van der Waals surface area contributed by atoms with Gasteiger partial charge in [-0.2, -0.15) is 5.10 Å². The Hall–Kier alpha value is -3.02. The van der Waals surface area contributed by atoms with Crippen LogP contribution < -0.4 is 5.43 Å². The number of H-pyrrole nitrogens is 1. The number of carbonyl (C=O) groups is 1. The van der Waals surface area contributed by atoms with Gasteiger partial charge in [-0.25, -0.2) is 5.43 Å². The van der Waals surface area contributed by atoms with Crippen LogP contribution in [0.15, 0.2) is 48.0 Å². The first-order chi connectivity index (χ1) is 10.8. The zero-order valence-corrected chi connectivity index (χ0v) is 11.7. The van der Waals surface area contributed by atoms with E-state index in [9.17, 15) is 4.79 Å². The van der Waals surface area contributed by atoms with Crippen LogP contribution in [0.3, 0.4) is 0 Å². The largest absolute Gasteiger partial charge is 0.353 e. The van der Waals surface area contributed by atoms with Crippen LogP contribution in [0.25, 0.3) is 22.3 Å². The molecule has 3 aromatic rings. The number of fused-ring (bicyclic) bond motifs is 1. The lowest BCUT2D eigenvalue weighted by molar-refractivity contribution is -0.121. The molecule has 1 aromatic carbocycles. The lowest BCUT2D eigenvalue weighted by atomic mass is 10.0. The molecular formula is C16H13N5O. The smallest absolute Gasteiger partial charge is 0.240 e. The molecule has 2 aromatic heterocycles. The lowest BCUT2D eigenvalue weighted by Gasteiger charge is -2.11. The van der Waals surface area contributed by atoms with Gasteiger partial charge in [-0.05, 0) is 23.8 Å². The molecule has 22 heavy (non-hydrogen) atoms. The quantitative estimate of drug-likeness (QED) is 0.759. The number of nitrogens with one attached hydrogen (secondary N) is 2. The number of carbonyl (C=O) groups excluding carboxylic acids is 1. The number of hydrogen-bond donors (Lipinski definition) is 2. The van der Waals surface area contributed by atoms with Gasteiger partial charge < -0.3 is 4.98 Å². The molecule has 0 saturated carbocycles. The third kappa shape index (κ3) is 2.24. The molecular weight excluding hydrogens is 278 g/mol. The van der Waals surface area contributed by atoms with E-state index in [4.69, 9.17) is 0 Å². The average Bonchev–Trinajstić information content (AvgIpc) is 2.99. The monoisotopic (exact) mass is 291 g/mol. The summed E-state index contributed by atoms with van der Waals surface area (Å²) in [6.45, 7) is 0. The van der Waals surface area contributed by atoms with Gasteiger partial charge in [-0.15, -0.1) is 0 Å². The fraction of sp³-hybridized carbons (Fsp3) is 0.125. The number of aromatic amines is 1. The van der Waals surface area contributed by atoms with Gasteiger partial charge in [0.25, 0.3) is 0 Å². The Morgan fingerprint density at radius 3 is 2.82 bits per heavy atom. The van der Waals surface area contributed by atoms with Crippen molar-refractivity contribution in [2.75, 3.05) is 0 Å². The Kier molecular flexibility index (Phi) is 2.93. The van der Waals surface area contributed by atoms with E-state index in [0.29, 0.717) is 12.8 Å². The van der Waals surface area contributed by atoms with Crippen LogP contribution >= 0.6 is 0 Å². The zero-order chi connectivity index (χ0) is 14.9. The minimum Gasteiger partial charge on any atom is -0.353 e. The van der Waals surface area contributed by atoms with E-state index < -0.39 is 0 Å². The summed E-state index contributed by atoms with van der Waals surface area (Å²) in [5, 5.41) is 5.22. The third-order valence-corrected chi connectivity index (χ3v) is 3.70. The molecule has 0 radical (unpaired) electrons. The van der Waals surface area contributed by atoms with Crippen molar-refractivity contribution in [3.05, 3.63) is 48.4 Å². The summed E-state index contributed by atoms with van der Waals surface area (Å²) in [6.07, 6.45) is 6.20. The van der Waals surface area contributed by atoms with Crippen LogP contribution in [0, 0.1) is 0 Å². The first kappa shape index (κ1) is 12.7. The zero-order valence-electron chi connectivity index (χ0n) is 11.7. The third-order valence-electron chi connectivity index (χ3n) is 3.70. The molecule has 108 valence electrons. The van der Waals surface area contributed by atoms with Gasteiger partial charge in [-0.3, -0.25) is 14.8 Å². The summed E-state index contributed by atoms with van der Waals surface area (Å²) in [7, 11) is 0. The number of hydrogen-bond acceptors (Lipinski definition) is 4. The Morgan fingerprint density at radius 2 is 2.05 bits per heavy atom. The minimum absolute atomic E-state index is 0.0311. The van der Waals surface area contributed by atoms with Crippen LogP contribution in [0.5, 0.6) is 0 Å². The highest BCUT2D eigenvalue weighted by molar-refractivity contribution is 6.06. The summed E-state index contributed by atoms with van der Waals surface area (Å²) in [4.78, 5) is 22.9. The molecule has 6 heteroatoms. The van der Waals surface area contributed by atoms with Crippen LogP contribution in [-0.4, -0.2) is 26.6 Å². The van der Waals surface area contributed by atoms with Crippen molar-refractivity contribution in [2.24, 2.45) is 5.10 Å². The standard InChI is InChI=1S/C16H13N5O/c22-16-4-3-13(20-21-16)10-1-2-12-11(7-10)8-14(19-12)15-9-17-5-6-18-15/h1-2,5-9,19H,3-4H2,(H,21,22). The van der Waals surface area contributed by atoms with Gasteiger partial charge in [0.05, 0.1) is 17.6 Å². The predicted octanol–water partition coefficient (Wildman–Crippen LogP) is 2.24. The molecule has 1 amide bonds. The summed E-state index contributed by atoms with van der Waals surface area (Å²) >= 11 is 0. The van der Waals surface area contributed by atoms with E-state index in [1.54, 1.807) is 18.6 Å². The van der Waals surface area contributed by atoms with E-state index in [0.717, 1.165) is 33.6 Å². The molecule has 0 unspecified atom stereocenters. The molecule has 0 fully saturated rings. The highest BCUT2D eigenvalue weighted by Gasteiger charge is 2.14. The molecule has 3 heterocycles. The number of hydrazone groups is 1. The fourth-order valence-electron chi connectivity index (χ4n) is 2.57. The van der Waals surface area contributed by atoms with Crippen molar-refractivity contribution >= 4 is 22.5 Å². The summed E-state index contributed by atoms with van der Waals surface area (Å²) in [6, 6.07) is 8.14. The van der Waals surface area contributed by atoms with Gasteiger partial charge in [0, 0.05) is 36.1 Å². The van der Waals surface area contributed by atoms with Crippen molar-refractivity contribution < 1.29 is 4.79 Å². The fourth-order valence-corrected chi connectivity index (χ4v) is 2.57. The van der Waals surface area contributed by atoms with Crippen LogP contribution in [0.1, 0.15) is 18.4 Å². The molecule has 1 aliphatic heterocycles. The Balaban J connectivity index is 1.74. The maximum atomic E-state index is 11.2. The average molecular weight is 291 g/mol. The predicted molar refractivity (Wildman–Crippen MR) is 83.2 cm³/mol. The highest BCUT2D eigenvalue weighted by Crippen LogP contribution is 2.24. The second-order valence-corrected chi connectivity index (χ2v) is 5.17. The van der Waals surface area contributed by atoms with Gasteiger partial charge >= 0.3 is 0 Å². The van der Waals surface area contributed by atoms with Gasteiger partial charge in [0.2, 0.25) is 5.91 Å². The molecule has 4 rings (SSSR count). The number of rotatable bonds is 2. The molecule has 0 spiro atoms. The number of aromatic nitrogens is 3.